The van der Waals surface area contributed by atoms with Crippen LogP contribution in [0.4, 0.5) is 0 Å². The van der Waals surface area contributed by atoms with Gasteiger partial charge in [-0.3, -0.25) is 10.00 Å². The SMILES string of the molecule is Cc1[nH]ncc1CNC[C@@H](c1cccs1)N1CCCC1. The summed E-state index contributed by atoms with van der Waals surface area (Å²) in [4.78, 5) is 4.09. The molecule has 1 atom stereocenters. The lowest BCUT2D eigenvalue weighted by atomic mass is 10.2. The number of likely N-dealkylation sites (tertiary alicyclic amines) is 1. The van der Waals surface area contributed by atoms with Crippen molar-refractivity contribution >= 4 is 11.3 Å². The minimum absolute atomic E-state index is 0.518. The van der Waals surface area contributed by atoms with Gasteiger partial charge in [-0.25, -0.2) is 0 Å². The fourth-order valence-electron chi connectivity index (χ4n) is 2.84. The van der Waals surface area contributed by atoms with E-state index in [1.54, 1.807) is 0 Å². The second-order valence-electron chi connectivity index (χ2n) is 5.43. The molecule has 2 aromatic rings. The summed E-state index contributed by atoms with van der Waals surface area (Å²) in [5, 5.41) is 12.8. The summed E-state index contributed by atoms with van der Waals surface area (Å²) in [6.45, 7) is 6.42. The van der Waals surface area contributed by atoms with Gasteiger partial charge in [0.1, 0.15) is 0 Å². The Hall–Kier alpha value is -1.17. The van der Waals surface area contributed by atoms with Gasteiger partial charge in [-0.2, -0.15) is 5.10 Å². The van der Waals surface area contributed by atoms with E-state index < -0.39 is 0 Å². The molecule has 0 spiro atoms. The molecule has 20 heavy (non-hydrogen) atoms. The van der Waals surface area contributed by atoms with Gasteiger partial charge in [-0.05, 0) is 44.3 Å². The standard InChI is InChI=1S/C15H22N4S/c1-12-13(10-17-18-12)9-16-11-14(15-5-4-8-20-15)19-6-2-3-7-19/h4-5,8,10,14,16H,2-3,6-7,9,11H2,1H3,(H,17,18)/t14-/m0/s1. The van der Waals surface area contributed by atoms with Crippen LogP contribution >= 0.6 is 11.3 Å². The summed E-state index contributed by atoms with van der Waals surface area (Å²) in [7, 11) is 0. The normalized spacial score (nSPS) is 17.6. The number of H-pyrrole nitrogens is 1. The molecule has 1 aliphatic rings. The van der Waals surface area contributed by atoms with Crippen molar-refractivity contribution < 1.29 is 0 Å². The third-order valence-corrected chi connectivity index (χ3v) is 5.01. The number of nitrogens with one attached hydrogen (secondary N) is 2. The van der Waals surface area contributed by atoms with E-state index in [1.165, 1.54) is 36.4 Å². The molecular formula is C15H22N4S. The van der Waals surface area contributed by atoms with Crippen LogP contribution in [-0.4, -0.2) is 34.7 Å². The molecule has 1 saturated heterocycles. The summed E-state index contributed by atoms with van der Waals surface area (Å²) in [6.07, 6.45) is 4.59. The number of hydrogen-bond acceptors (Lipinski definition) is 4. The Bertz CT molecular complexity index is 514. The van der Waals surface area contributed by atoms with E-state index in [0.717, 1.165) is 18.8 Å². The number of hydrogen-bond donors (Lipinski definition) is 2. The highest BCUT2D eigenvalue weighted by atomic mass is 32.1. The molecular weight excluding hydrogens is 268 g/mol. The molecule has 0 bridgehead atoms. The third kappa shape index (κ3) is 3.11. The van der Waals surface area contributed by atoms with E-state index in [9.17, 15) is 0 Å². The van der Waals surface area contributed by atoms with Crippen LogP contribution in [0.1, 0.15) is 35.0 Å². The van der Waals surface area contributed by atoms with Gasteiger partial charge in [0.2, 0.25) is 0 Å². The molecule has 4 nitrogen and oxygen atoms in total. The van der Waals surface area contributed by atoms with Gasteiger partial charge in [0.25, 0.3) is 0 Å². The summed E-state index contributed by atoms with van der Waals surface area (Å²) in [6, 6.07) is 4.94. The molecule has 1 aliphatic heterocycles. The van der Waals surface area contributed by atoms with E-state index >= 15 is 0 Å². The van der Waals surface area contributed by atoms with Crippen LogP contribution in [0.15, 0.2) is 23.7 Å². The molecule has 0 amide bonds. The molecule has 1 fully saturated rings. The Kier molecular flexibility index (Phi) is 4.50. The lowest BCUT2D eigenvalue weighted by Gasteiger charge is -2.27. The first kappa shape index (κ1) is 13.8. The zero-order chi connectivity index (χ0) is 13.8. The highest BCUT2D eigenvalue weighted by Crippen LogP contribution is 2.27. The Labute approximate surface area is 124 Å². The Balaban J connectivity index is 1.60. The zero-order valence-electron chi connectivity index (χ0n) is 11.9. The van der Waals surface area contributed by atoms with Gasteiger partial charge in [-0.1, -0.05) is 6.07 Å². The number of aryl methyl sites for hydroxylation is 1. The van der Waals surface area contributed by atoms with Gasteiger partial charge in [0, 0.05) is 29.2 Å². The number of aromatic amines is 1. The van der Waals surface area contributed by atoms with Gasteiger partial charge in [0.15, 0.2) is 0 Å². The predicted octanol–water partition coefficient (Wildman–Crippen LogP) is 2.71. The fraction of sp³-hybridized carbons (Fsp3) is 0.533. The van der Waals surface area contributed by atoms with Crippen LogP contribution in [0.5, 0.6) is 0 Å². The largest absolute Gasteiger partial charge is 0.311 e. The minimum Gasteiger partial charge on any atom is -0.311 e. The van der Waals surface area contributed by atoms with Crippen LogP contribution < -0.4 is 5.32 Å². The maximum atomic E-state index is 4.07. The van der Waals surface area contributed by atoms with E-state index in [0.29, 0.717) is 6.04 Å². The maximum Gasteiger partial charge on any atom is 0.0566 e. The second kappa shape index (κ2) is 6.52. The first-order valence-electron chi connectivity index (χ1n) is 7.31. The number of aromatic nitrogens is 2. The minimum atomic E-state index is 0.518. The molecule has 2 aromatic heterocycles. The molecule has 108 valence electrons. The molecule has 0 unspecified atom stereocenters. The topological polar surface area (TPSA) is 44.0 Å². The predicted molar refractivity (Wildman–Crippen MR) is 82.9 cm³/mol. The zero-order valence-corrected chi connectivity index (χ0v) is 12.7. The van der Waals surface area contributed by atoms with Gasteiger partial charge in [0.05, 0.1) is 12.2 Å². The lowest BCUT2D eigenvalue weighted by molar-refractivity contribution is 0.241. The summed E-state index contributed by atoms with van der Waals surface area (Å²) in [5.74, 6) is 0. The number of nitrogens with zero attached hydrogens (tertiary/aromatic N) is 2. The Morgan fingerprint density at radius 3 is 2.95 bits per heavy atom. The average Bonchev–Trinajstić information content (AvgIpc) is 3.18. The van der Waals surface area contributed by atoms with E-state index in [-0.39, 0.29) is 0 Å². The van der Waals surface area contributed by atoms with Crippen LogP contribution in [0.25, 0.3) is 0 Å². The van der Waals surface area contributed by atoms with E-state index in [2.05, 4.69) is 44.9 Å². The molecule has 0 aliphatic carbocycles. The second-order valence-corrected chi connectivity index (χ2v) is 6.40. The Morgan fingerprint density at radius 1 is 1.45 bits per heavy atom. The molecule has 0 saturated carbocycles. The number of thiophene rings is 1. The van der Waals surface area contributed by atoms with Crippen molar-refractivity contribution in [2.24, 2.45) is 0 Å². The van der Waals surface area contributed by atoms with Gasteiger partial charge in [-0.15, -0.1) is 11.3 Å². The van der Waals surface area contributed by atoms with E-state index in [1.807, 2.05) is 17.5 Å². The number of rotatable bonds is 6. The van der Waals surface area contributed by atoms with Crippen molar-refractivity contribution in [2.75, 3.05) is 19.6 Å². The molecule has 3 rings (SSSR count). The van der Waals surface area contributed by atoms with Crippen LogP contribution in [0, 0.1) is 6.92 Å². The van der Waals surface area contributed by atoms with E-state index in [4.69, 9.17) is 0 Å². The van der Waals surface area contributed by atoms with Crippen LogP contribution in [0.3, 0.4) is 0 Å². The maximum absolute atomic E-state index is 4.07. The Morgan fingerprint density at radius 2 is 2.30 bits per heavy atom. The highest BCUT2D eigenvalue weighted by molar-refractivity contribution is 7.10. The van der Waals surface area contributed by atoms with Crippen molar-refractivity contribution in [3.63, 3.8) is 0 Å². The summed E-state index contributed by atoms with van der Waals surface area (Å²) >= 11 is 1.87. The first-order chi connectivity index (χ1) is 9.84. The van der Waals surface area contributed by atoms with Crippen LogP contribution in [0.2, 0.25) is 0 Å². The molecule has 2 N–H and O–H groups in total. The fourth-order valence-corrected chi connectivity index (χ4v) is 3.70. The third-order valence-electron chi connectivity index (χ3n) is 4.04. The van der Waals surface area contributed by atoms with Gasteiger partial charge >= 0.3 is 0 Å². The lowest BCUT2D eigenvalue weighted by Crippen LogP contribution is -2.33. The summed E-state index contributed by atoms with van der Waals surface area (Å²) < 4.78 is 0. The highest BCUT2D eigenvalue weighted by Gasteiger charge is 2.23. The van der Waals surface area contributed by atoms with Crippen molar-refractivity contribution in [3.8, 4) is 0 Å². The van der Waals surface area contributed by atoms with Gasteiger partial charge < -0.3 is 5.32 Å². The average molecular weight is 290 g/mol. The quantitative estimate of drug-likeness (QED) is 0.860. The first-order valence-corrected chi connectivity index (χ1v) is 8.19. The van der Waals surface area contributed by atoms with Crippen molar-refractivity contribution in [1.29, 1.82) is 0 Å². The molecule has 5 heteroatoms. The molecule has 3 heterocycles. The molecule has 0 radical (unpaired) electrons. The molecule has 0 aromatic carbocycles. The smallest absolute Gasteiger partial charge is 0.0566 e. The van der Waals surface area contributed by atoms with Crippen molar-refractivity contribution in [2.45, 2.75) is 32.4 Å². The van der Waals surface area contributed by atoms with Crippen molar-refractivity contribution in [1.82, 2.24) is 20.4 Å². The van der Waals surface area contributed by atoms with Crippen molar-refractivity contribution in [3.05, 3.63) is 39.8 Å². The van der Waals surface area contributed by atoms with Crippen LogP contribution in [-0.2, 0) is 6.54 Å². The monoisotopic (exact) mass is 290 g/mol. The summed E-state index contributed by atoms with van der Waals surface area (Å²) in [5.41, 5.74) is 2.42.